The first kappa shape index (κ1) is 21.9. The van der Waals surface area contributed by atoms with Gasteiger partial charge >= 0.3 is 0 Å². The van der Waals surface area contributed by atoms with Crippen LogP contribution < -0.4 is 15.4 Å². The third-order valence-corrected chi connectivity index (χ3v) is 6.46. The van der Waals surface area contributed by atoms with Crippen LogP contribution in [0.5, 0.6) is 0 Å². The van der Waals surface area contributed by atoms with Crippen molar-refractivity contribution in [3.05, 3.63) is 60.4 Å². The lowest BCUT2D eigenvalue weighted by molar-refractivity contribution is -0.125. The van der Waals surface area contributed by atoms with Gasteiger partial charge in [0.15, 0.2) is 11.6 Å². The number of piperidine rings is 1. The van der Waals surface area contributed by atoms with Crippen LogP contribution in [0.25, 0.3) is 5.82 Å². The number of anilines is 1. The van der Waals surface area contributed by atoms with Crippen molar-refractivity contribution in [3.8, 4) is 5.82 Å². The number of carbonyl (C=O) groups is 1. The number of benzene rings is 1. The molecule has 1 aliphatic rings. The molecular weight excluding hydrogens is 430 g/mol. The second kappa shape index (κ2) is 9.45. The number of aromatic nitrogens is 4. The fraction of sp³-hybridized carbons (Fsp3) is 0.333. The van der Waals surface area contributed by atoms with E-state index < -0.39 is 10.0 Å². The number of rotatable bonds is 7. The van der Waals surface area contributed by atoms with Crippen molar-refractivity contribution in [2.45, 2.75) is 24.2 Å². The Morgan fingerprint density at radius 1 is 1.06 bits per heavy atom. The quantitative estimate of drug-likeness (QED) is 0.540. The van der Waals surface area contributed by atoms with Crippen LogP contribution in [0.2, 0.25) is 0 Å². The largest absolute Gasteiger partial charge is 0.356 e. The molecule has 1 aromatic carbocycles. The van der Waals surface area contributed by atoms with Crippen molar-refractivity contribution in [1.82, 2.24) is 25.3 Å². The van der Waals surface area contributed by atoms with Gasteiger partial charge < -0.3 is 10.2 Å². The zero-order valence-corrected chi connectivity index (χ0v) is 18.3. The monoisotopic (exact) mass is 455 g/mol. The lowest BCUT2D eigenvalue weighted by Gasteiger charge is -2.31. The van der Waals surface area contributed by atoms with E-state index in [9.17, 15) is 13.2 Å². The average Bonchev–Trinajstić information content (AvgIpc) is 3.34. The van der Waals surface area contributed by atoms with Gasteiger partial charge in [-0.25, -0.2) is 18.2 Å². The standard InChI is InChI=1S/C21H25N7O3S/c22-32(30,31)18-4-2-16(3-5-18)8-12-23-21(29)17-9-14-27(15-10-17)19-6-7-20(26-25-19)28-13-1-11-24-28/h1-7,11,13,17H,8-10,12,14-15H2,(H,23,29)(H2,22,30,31). The molecule has 10 nitrogen and oxygen atoms in total. The minimum atomic E-state index is -3.69. The van der Waals surface area contributed by atoms with Gasteiger partial charge in [0.25, 0.3) is 0 Å². The minimum absolute atomic E-state index is 0.0349. The zero-order valence-electron chi connectivity index (χ0n) is 17.5. The van der Waals surface area contributed by atoms with Gasteiger partial charge in [0.2, 0.25) is 15.9 Å². The number of primary sulfonamides is 1. The predicted octanol–water partition coefficient (Wildman–Crippen LogP) is 0.885. The van der Waals surface area contributed by atoms with Crippen molar-refractivity contribution in [1.29, 1.82) is 0 Å². The van der Waals surface area contributed by atoms with E-state index in [0.29, 0.717) is 18.8 Å². The molecule has 3 aromatic rings. The summed E-state index contributed by atoms with van der Waals surface area (Å²) in [5, 5.41) is 20.8. The summed E-state index contributed by atoms with van der Waals surface area (Å²) in [7, 11) is -3.69. The first-order valence-corrected chi connectivity index (χ1v) is 11.9. The number of hydrogen-bond donors (Lipinski definition) is 2. The lowest BCUT2D eigenvalue weighted by Crippen LogP contribution is -2.41. The number of hydrogen-bond acceptors (Lipinski definition) is 7. The fourth-order valence-electron chi connectivity index (χ4n) is 3.70. The van der Waals surface area contributed by atoms with Gasteiger partial charge in [-0.15, -0.1) is 10.2 Å². The molecule has 32 heavy (non-hydrogen) atoms. The van der Waals surface area contributed by atoms with Crippen molar-refractivity contribution >= 4 is 21.7 Å². The normalized spacial score (nSPS) is 15.0. The van der Waals surface area contributed by atoms with E-state index in [0.717, 1.165) is 37.3 Å². The maximum absolute atomic E-state index is 12.5. The first-order valence-electron chi connectivity index (χ1n) is 10.4. The summed E-state index contributed by atoms with van der Waals surface area (Å²) in [6.45, 7) is 1.97. The molecule has 0 bridgehead atoms. The first-order chi connectivity index (χ1) is 15.4. The van der Waals surface area contributed by atoms with Gasteiger partial charge in [-0.2, -0.15) is 5.10 Å². The maximum Gasteiger partial charge on any atom is 0.238 e. The lowest BCUT2D eigenvalue weighted by atomic mass is 9.96. The van der Waals surface area contributed by atoms with Gasteiger partial charge in [0, 0.05) is 37.9 Å². The molecule has 3 heterocycles. The Morgan fingerprint density at radius 3 is 2.34 bits per heavy atom. The second-order valence-electron chi connectivity index (χ2n) is 7.69. The smallest absolute Gasteiger partial charge is 0.238 e. The van der Waals surface area contributed by atoms with Gasteiger partial charge in [-0.05, 0) is 55.2 Å². The third-order valence-electron chi connectivity index (χ3n) is 5.53. The number of amides is 1. The molecule has 1 amide bonds. The highest BCUT2D eigenvalue weighted by molar-refractivity contribution is 7.89. The van der Waals surface area contributed by atoms with Crippen LogP contribution in [-0.2, 0) is 21.2 Å². The van der Waals surface area contributed by atoms with Crippen LogP contribution in [0.3, 0.4) is 0 Å². The van der Waals surface area contributed by atoms with E-state index >= 15 is 0 Å². The summed E-state index contributed by atoms with van der Waals surface area (Å²) >= 11 is 0. The maximum atomic E-state index is 12.5. The number of nitrogens with zero attached hydrogens (tertiary/aromatic N) is 5. The van der Waals surface area contributed by atoms with E-state index in [4.69, 9.17) is 5.14 Å². The highest BCUT2D eigenvalue weighted by Crippen LogP contribution is 2.22. The molecule has 168 valence electrons. The van der Waals surface area contributed by atoms with Crippen LogP contribution >= 0.6 is 0 Å². The molecule has 0 saturated carbocycles. The molecular formula is C21H25N7O3S. The SMILES string of the molecule is NS(=O)(=O)c1ccc(CCNC(=O)C2CCN(c3ccc(-n4cccn4)nn3)CC2)cc1. The summed E-state index contributed by atoms with van der Waals surface area (Å²) < 4.78 is 24.3. The number of sulfonamides is 1. The molecule has 0 atom stereocenters. The van der Waals surface area contributed by atoms with Gasteiger partial charge in [-0.1, -0.05) is 12.1 Å². The molecule has 4 rings (SSSR count). The molecule has 0 spiro atoms. The third kappa shape index (κ3) is 5.29. The highest BCUT2D eigenvalue weighted by atomic mass is 32.2. The van der Waals surface area contributed by atoms with Crippen molar-refractivity contribution in [3.63, 3.8) is 0 Å². The van der Waals surface area contributed by atoms with E-state index in [1.54, 1.807) is 23.0 Å². The highest BCUT2D eigenvalue weighted by Gasteiger charge is 2.25. The molecule has 3 N–H and O–H groups in total. The Kier molecular flexibility index (Phi) is 6.47. The molecule has 2 aromatic heterocycles. The average molecular weight is 456 g/mol. The second-order valence-corrected chi connectivity index (χ2v) is 9.25. The topological polar surface area (TPSA) is 136 Å². The van der Waals surface area contributed by atoms with Crippen LogP contribution in [-0.4, -0.2) is 53.9 Å². The van der Waals surface area contributed by atoms with E-state index in [1.165, 1.54) is 12.1 Å². The summed E-state index contributed by atoms with van der Waals surface area (Å²) in [6, 6.07) is 12.0. The molecule has 0 unspecified atom stereocenters. The Hall–Kier alpha value is -3.31. The molecule has 1 aliphatic heterocycles. The van der Waals surface area contributed by atoms with Crippen LogP contribution in [0, 0.1) is 5.92 Å². The Labute approximate surface area is 186 Å². The zero-order chi connectivity index (χ0) is 22.6. The molecule has 0 aliphatic carbocycles. The number of nitrogens with one attached hydrogen (secondary N) is 1. The fourth-order valence-corrected chi connectivity index (χ4v) is 4.22. The van der Waals surface area contributed by atoms with Gasteiger partial charge in [0.1, 0.15) is 0 Å². The summed E-state index contributed by atoms with van der Waals surface area (Å²) in [5.74, 6) is 1.47. The van der Waals surface area contributed by atoms with Crippen LogP contribution in [0.1, 0.15) is 18.4 Å². The van der Waals surface area contributed by atoms with Crippen LogP contribution in [0.4, 0.5) is 5.82 Å². The minimum Gasteiger partial charge on any atom is -0.356 e. The summed E-state index contributed by atoms with van der Waals surface area (Å²) in [5.41, 5.74) is 0.935. The van der Waals surface area contributed by atoms with Crippen molar-refractivity contribution in [2.24, 2.45) is 11.1 Å². The Balaban J connectivity index is 1.22. The summed E-state index contributed by atoms with van der Waals surface area (Å²) in [6.07, 6.45) is 5.62. The molecule has 1 fully saturated rings. The Bertz CT molecular complexity index is 1140. The number of nitrogens with two attached hydrogens (primary N) is 1. The Morgan fingerprint density at radius 2 is 1.75 bits per heavy atom. The molecule has 1 saturated heterocycles. The van der Waals surface area contributed by atoms with E-state index in [-0.39, 0.29) is 16.7 Å². The molecule has 11 heteroatoms. The van der Waals surface area contributed by atoms with E-state index in [1.807, 2.05) is 24.4 Å². The van der Waals surface area contributed by atoms with Gasteiger partial charge in [0.05, 0.1) is 4.90 Å². The number of carbonyl (C=O) groups excluding carboxylic acids is 1. The van der Waals surface area contributed by atoms with Crippen LogP contribution in [0.15, 0.2) is 59.8 Å². The predicted molar refractivity (Wildman–Crippen MR) is 119 cm³/mol. The van der Waals surface area contributed by atoms with E-state index in [2.05, 4.69) is 25.5 Å². The van der Waals surface area contributed by atoms with Crippen molar-refractivity contribution in [2.75, 3.05) is 24.5 Å². The molecule has 0 radical (unpaired) electrons. The van der Waals surface area contributed by atoms with Crippen molar-refractivity contribution < 1.29 is 13.2 Å². The summed E-state index contributed by atoms with van der Waals surface area (Å²) in [4.78, 5) is 14.7. The van der Waals surface area contributed by atoms with Gasteiger partial charge in [-0.3, -0.25) is 4.79 Å².